The predicted octanol–water partition coefficient (Wildman–Crippen LogP) is 0.787. The van der Waals surface area contributed by atoms with E-state index in [0.717, 1.165) is 25.1 Å². The van der Waals surface area contributed by atoms with E-state index in [2.05, 4.69) is 5.32 Å². The van der Waals surface area contributed by atoms with Gasteiger partial charge in [-0.1, -0.05) is 18.2 Å². The Morgan fingerprint density at radius 2 is 2.00 bits per heavy atom. The Labute approximate surface area is 108 Å². The van der Waals surface area contributed by atoms with Crippen molar-refractivity contribution in [2.24, 2.45) is 5.92 Å². The third-order valence-electron chi connectivity index (χ3n) is 3.21. The first-order valence-corrected chi connectivity index (χ1v) is 6.48. The zero-order chi connectivity index (χ0) is 12.8. The predicted molar refractivity (Wildman–Crippen MR) is 69.5 cm³/mol. The van der Waals surface area contributed by atoms with Crippen molar-refractivity contribution in [1.29, 1.82) is 0 Å². The smallest absolute Gasteiger partial charge is 0.119 e. The Hall–Kier alpha value is -1.10. The highest BCUT2D eigenvalue weighted by Crippen LogP contribution is 2.25. The number of aliphatic hydroxyl groups excluding tert-OH is 2. The maximum absolute atomic E-state index is 9.73. The molecular formula is C14H21NO3. The van der Waals surface area contributed by atoms with Gasteiger partial charge < -0.3 is 20.3 Å². The maximum Gasteiger partial charge on any atom is 0.119 e. The lowest BCUT2D eigenvalue weighted by molar-refractivity contribution is 0.0400. The highest BCUT2D eigenvalue weighted by molar-refractivity contribution is 5.20. The van der Waals surface area contributed by atoms with Gasteiger partial charge >= 0.3 is 0 Å². The molecule has 1 saturated carbocycles. The molecule has 1 unspecified atom stereocenters. The van der Waals surface area contributed by atoms with Crippen molar-refractivity contribution in [2.75, 3.05) is 19.7 Å². The third kappa shape index (κ3) is 4.29. The normalized spacial score (nSPS) is 24.3. The fourth-order valence-electron chi connectivity index (χ4n) is 2.09. The van der Waals surface area contributed by atoms with Gasteiger partial charge in [-0.05, 0) is 37.4 Å². The number of ether oxygens (including phenoxy) is 1. The summed E-state index contributed by atoms with van der Waals surface area (Å²) in [5.41, 5.74) is 0. The molecule has 0 aliphatic heterocycles. The van der Waals surface area contributed by atoms with Gasteiger partial charge in [-0.25, -0.2) is 0 Å². The molecular weight excluding hydrogens is 230 g/mol. The van der Waals surface area contributed by atoms with E-state index in [1.54, 1.807) is 0 Å². The van der Waals surface area contributed by atoms with Crippen LogP contribution in [0.3, 0.4) is 0 Å². The average Bonchev–Trinajstić information content (AvgIpc) is 2.35. The monoisotopic (exact) mass is 251 g/mol. The van der Waals surface area contributed by atoms with E-state index in [1.165, 1.54) is 0 Å². The van der Waals surface area contributed by atoms with E-state index < -0.39 is 6.10 Å². The van der Waals surface area contributed by atoms with Crippen molar-refractivity contribution in [3.8, 4) is 5.75 Å². The summed E-state index contributed by atoms with van der Waals surface area (Å²) in [6.45, 7) is 1.68. The molecule has 0 radical (unpaired) electrons. The average molecular weight is 251 g/mol. The van der Waals surface area contributed by atoms with E-state index in [9.17, 15) is 5.11 Å². The van der Waals surface area contributed by atoms with Crippen molar-refractivity contribution >= 4 is 0 Å². The van der Waals surface area contributed by atoms with Crippen molar-refractivity contribution in [3.63, 3.8) is 0 Å². The van der Waals surface area contributed by atoms with Gasteiger partial charge in [-0.15, -0.1) is 0 Å². The number of nitrogens with one attached hydrogen (secondary N) is 1. The second-order valence-electron chi connectivity index (χ2n) is 4.93. The summed E-state index contributed by atoms with van der Waals surface area (Å²) in [5, 5.41) is 22.1. The van der Waals surface area contributed by atoms with Crippen LogP contribution in [-0.4, -0.2) is 42.1 Å². The number of rotatable bonds is 7. The second-order valence-corrected chi connectivity index (χ2v) is 4.93. The van der Waals surface area contributed by atoms with Gasteiger partial charge in [0.25, 0.3) is 0 Å². The van der Waals surface area contributed by atoms with Gasteiger partial charge in [0.05, 0.1) is 6.10 Å². The Morgan fingerprint density at radius 1 is 1.28 bits per heavy atom. The Balaban J connectivity index is 1.54. The largest absolute Gasteiger partial charge is 0.491 e. The minimum atomic E-state index is -0.504. The first-order valence-electron chi connectivity index (χ1n) is 6.48. The molecule has 0 saturated heterocycles. The molecule has 1 atom stereocenters. The highest BCUT2D eigenvalue weighted by Gasteiger charge is 2.26. The number of hydrogen-bond donors (Lipinski definition) is 3. The van der Waals surface area contributed by atoms with Crippen molar-refractivity contribution in [3.05, 3.63) is 30.3 Å². The van der Waals surface area contributed by atoms with Crippen molar-refractivity contribution in [2.45, 2.75) is 25.0 Å². The van der Waals surface area contributed by atoms with E-state index in [-0.39, 0.29) is 6.10 Å². The molecule has 0 heterocycles. The van der Waals surface area contributed by atoms with E-state index in [4.69, 9.17) is 9.84 Å². The molecule has 0 spiro atoms. The zero-order valence-electron chi connectivity index (χ0n) is 10.5. The number of aliphatic hydroxyl groups is 2. The molecule has 2 rings (SSSR count). The van der Waals surface area contributed by atoms with E-state index in [1.807, 2.05) is 30.3 Å². The summed E-state index contributed by atoms with van der Waals surface area (Å²) >= 11 is 0. The highest BCUT2D eigenvalue weighted by atomic mass is 16.5. The summed E-state index contributed by atoms with van der Waals surface area (Å²) < 4.78 is 5.45. The topological polar surface area (TPSA) is 61.7 Å². The fraction of sp³-hybridized carbons (Fsp3) is 0.571. The van der Waals surface area contributed by atoms with Crippen LogP contribution in [0.5, 0.6) is 5.75 Å². The van der Waals surface area contributed by atoms with Crippen LogP contribution in [0.15, 0.2) is 30.3 Å². The molecule has 0 bridgehead atoms. The van der Waals surface area contributed by atoms with Crippen LogP contribution in [0.1, 0.15) is 12.8 Å². The van der Waals surface area contributed by atoms with E-state index >= 15 is 0 Å². The lowest BCUT2D eigenvalue weighted by atomic mass is 9.82. The minimum Gasteiger partial charge on any atom is -0.491 e. The van der Waals surface area contributed by atoms with Crippen molar-refractivity contribution in [1.82, 2.24) is 5.32 Å². The summed E-state index contributed by atoms with van der Waals surface area (Å²) in [5.74, 6) is 1.33. The van der Waals surface area contributed by atoms with Gasteiger partial charge in [0, 0.05) is 6.54 Å². The SMILES string of the molecule is OC(CNCC1CC(O)C1)COc1ccccc1. The lowest BCUT2D eigenvalue weighted by Gasteiger charge is -2.31. The van der Waals surface area contributed by atoms with Gasteiger partial charge in [-0.3, -0.25) is 0 Å². The molecule has 1 aromatic rings. The van der Waals surface area contributed by atoms with Crippen LogP contribution in [0.4, 0.5) is 0 Å². The first kappa shape index (κ1) is 13.3. The van der Waals surface area contributed by atoms with Gasteiger partial charge in [0.15, 0.2) is 0 Å². The molecule has 18 heavy (non-hydrogen) atoms. The number of para-hydroxylation sites is 1. The summed E-state index contributed by atoms with van der Waals surface area (Å²) in [6.07, 6.45) is 1.14. The molecule has 1 aromatic carbocycles. The zero-order valence-corrected chi connectivity index (χ0v) is 10.5. The van der Waals surface area contributed by atoms with Crippen LogP contribution in [0.25, 0.3) is 0 Å². The Kier molecular flexibility index (Phi) is 4.99. The Morgan fingerprint density at radius 3 is 2.67 bits per heavy atom. The standard InChI is InChI=1S/C14H21NO3/c16-12-6-11(7-12)8-15-9-13(17)10-18-14-4-2-1-3-5-14/h1-5,11-13,15-17H,6-10H2. The number of benzene rings is 1. The minimum absolute atomic E-state index is 0.108. The maximum atomic E-state index is 9.73. The van der Waals surface area contributed by atoms with Crippen molar-refractivity contribution < 1.29 is 14.9 Å². The molecule has 100 valence electrons. The summed E-state index contributed by atoms with van der Waals surface area (Å²) in [6, 6.07) is 9.48. The van der Waals surface area contributed by atoms with Crippen LogP contribution < -0.4 is 10.1 Å². The third-order valence-corrected chi connectivity index (χ3v) is 3.21. The molecule has 1 aliphatic carbocycles. The molecule has 0 aromatic heterocycles. The van der Waals surface area contributed by atoms with Gasteiger partial charge in [0.2, 0.25) is 0 Å². The van der Waals surface area contributed by atoms with Crippen LogP contribution >= 0.6 is 0 Å². The number of hydrogen-bond acceptors (Lipinski definition) is 4. The summed E-state index contributed by atoms with van der Waals surface area (Å²) in [4.78, 5) is 0. The van der Waals surface area contributed by atoms with E-state index in [0.29, 0.717) is 19.1 Å². The van der Waals surface area contributed by atoms with Crippen LogP contribution in [0.2, 0.25) is 0 Å². The fourth-order valence-corrected chi connectivity index (χ4v) is 2.09. The molecule has 3 N–H and O–H groups in total. The summed E-state index contributed by atoms with van der Waals surface area (Å²) in [7, 11) is 0. The quantitative estimate of drug-likeness (QED) is 0.670. The van der Waals surface area contributed by atoms with Gasteiger partial charge in [0.1, 0.15) is 18.5 Å². The molecule has 1 aliphatic rings. The van der Waals surface area contributed by atoms with Crippen LogP contribution in [0, 0.1) is 5.92 Å². The lowest BCUT2D eigenvalue weighted by Crippen LogP contribution is -2.39. The molecule has 0 amide bonds. The second kappa shape index (κ2) is 6.73. The van der Waals surface area contributed by atoms with Gasteiger partial charge in [-0.2, -0.15) is 0 Å². The molecule has 4 heteroatoms. The molecule has 1 fully saturated rings. The first-order chi connectivity index (χ1) is 8.74. The van der Waals surface area contributed by atoms with Crippen LogP contribution in [-0.2, 0) is 0 Å². The molecule has 4 nitrogen and oxygen atoms in total. The Bertz CT molecular complexity index is 338.